The summed E-state index contributed by atoms with van der Waals surface area (Å²) in [5.74, 6) is 0.762. The van der Waals surface area contributed by atoms with Gasteiger partial charge in [0.15, 0.2) is 0 Å². The second kappa shape index (κ2) is 9.52. The number of benzene rings is 2. The first kappa shape index (κ1) is 21.8. The van der Waals surface area contributed by atoms with Gasteiger partial charge in [0.25, 0.3) is 0 Å². The van der Waals surface area contributed by atoms with Crippen LogP contribution in [0.25, 0.3) is 33.4 Å². The third-order valence-corrected chi connectivity index (χ3v) is 6.87. The fourth-order valence-electron chi connectivity index (χ4n) is 4.95. The number of H-pyrrole nitrogens is 1. The maximum Gasteiger partial charge on any atom is 0.138 e. The molecule has 0 spiro atoms. The van der Waals surface area contributed by atoms with E-state index in [1.807, 2.05) is 24.4 Å². The van der Waals surface area contributed by atoms with Crippen LogP contribution in [0.3, 0.4) is 0 Å². The van der Waals surface area contributed by atoms with E-state index in [1.165, 1.54) is 11.9 Å². The lowest BCUT2D eigenvalue weighted by molar-refractivity contribution is 0.122. The van der Waals surface area contributed by atoms with E-state index in [0.29, 0.717) is 0 Å². The van der Waals surface area contributed by atoms with Gasteiger partial charge in [-0.2, -0.15) is 0 Å². The predicted octanol–water partition coefficient (Wildman–Crippen LogP) is 4.47. The average molecular weight is 468 g/mol. The normalized spacial score (nSPS) is 18.2. The highest BCUT2D eigenvalue weighted by molar-refractivity contribution is 5.97. The van der Waals surface area contributed by atoms with Crippen LogP contribution in [-0.2, 0) is 4.74 Å². The van der Waals surface area contributed by atoms with E-state index in [4.69, 9.17) is 14.9 Å². The molecule has 1 atom stereocenters. The molecule has 0 aliphatic carbocycles. The summed E-state index contributed by atoms with van der Waals surface area (Å²) in [6.45, 7) is 5.25. The topological polar surface area (TPSA) is 86.3 Å². The molecule has 0 saturated carbocycles. The quantitative estimate of drug-likeness (QED) is 0.364. The molecule has 178 valence electrons. The van der Waals surface area contributed by atoms with E-state index in [2.05, 4.69) is 56.6 Å². The lowest BCUT2D eigenvalue weighted by Crippen LogP contribution is -2.36. The predicted molar refractivity (Wildman–Crippen MR) is 140 cm³/mol. The molecule has 0 radical (unpaired) electrons. The monoisotopic (exact) mass is 467 g/mol. The van der Waals surface area contributed by atoms with Crippen LogP contribution in [0.1, 0.15) is 12.0 Å². The molecule has 3 N–H and O–H groups in total. The van der Waals surface area contributed by atoms with E-state index in [-0.39, 0.29) is 6.10 Å². The number of aromatic nitrogens is 2. The first-order valence-electron chi connectivity index (χ1n) is 12.2. The molecule has 6 rings (SSSR count). The summed E-state index contributed by atoms with van der Waals surface area (Å²) in [6.07, 6.45) is 4.36. The third-order valence-electron chi connectivity index (χ3n) is 6.87. The Morgan fingerprint density at radius 3 is 2.63 bits per heavy atom. The number of rotatable bonds is 6. The van der Waals surface area contributed by atoms with Crippen molar-refractivity contribution in [2.45, 2.75) is 12.5 Å². The summed E-state index contributed by atoms with van der Waals surface area (Å²) >= 11 is 0. The van der Waals surface area contributed by atoms with Crippen molar-refractivity contribution >= 4 is 22.9 Å². The highest BCUT2D eigenvalue weighted by atomic mass is 16.5. The zero-order valence-electron chi connectivity index (χ0n) is 19.6. The molecule has 0 bridgehead atoms. The Labute approximate surface area is 204 Å². The van der Waals surface area contributed by atoms with Gasteiger partial charge in [0, 0.05) is 54.4 Å². The zero-order valence-corrected chi connectivity index (χ0v) is 19.6. The molecule has 2 saturated heterocycles. The zero-order chi connectivity index (χ0) is 23.6. The van der Waals surface area contributed by atoms with E-state index in [9.17, 15) is 0 Å². The van der Waals surface area contributed by atoms with Gasteiger partial charge in [-0.15, -0.1) is 0 Å². The SMILES string of the molecule is N=Cc1cc(-c2ccnc3[nH]c(-c4ccc(N5CCOCC5)cc4)cc23)ccc1O[C@@H]1CCNC1. The average Bonchev–Trinajstić information content (AvgIpc) is 3.59. The number of morpholine rings is 1. The number of anilines is 1. The summed E-state index contributed by atoms with van der Waals surface area (Å²) in [4.78, 5) is 10.4. The molecule has 2 aromatic carbocycles. The van der Waals surface area contributed by atoms with Gasteiger partial charge in [-0.05, 0) is 66.1 Å². The Balaban J connectivity index is 1.30. The fraction of sp³-hybridized carbons (Fsp3) is 0.286. The number of hydrogen-bond acceptors (Lipinski definition) is 6. The maximum atomic E-state index is 7.94. The lowest BCUT2D eigenvalue weighted by Gasteiger charge is -2.28. The second-order valence-electron chi connectivity index (χ2n) is 9.08. The van der Waals surface area contributed by atoms with Crippen molar-refractivity contribution in [1.29, 1.82) is 5.41 Å². The van der Waals surface area contributed by atoms with Gasteiger partial charge >= 0.3 is 0 Å². The molecule has 2 aromatic heterocycles. The number of nitrogens with one attached hydrogen (secondary N) is 3. The second-order valence-corrected chi connectivity index (χ2v) is 9.08. The maximum absolute atomic E-state index is 7.94. The van der Waals surface area contributed by atoms with Crippen LogP contribution >= 0.6 is 0 Å². The Bertz CT molecular complexity index is 1340. The van der Waals surface area contributed by atoms with Gasteiger partial charge in [0.05, 0.1) is 13.2 Å². The molecule has 0 unspecified atom stereocenters. The molecule has 4 aromatic rings. The summed E-state index contributed by atoms with van der Waals surface area (Å²) in [5, 5.41) is 12.3. The summed E-state index contributed by atoms with van der Waals surface area (Å²) in [6, 6.07) is 19.0. The van der Waals surface area contributed by atoms with Gasteiger partial charge in [0.2, 0.25) is 0 Å². The Morgan fingerprint density at radius 2 is 1.86 bits per heavy atom. The molecular formula is C28H29N5O2. The molecule has 4 heterocycles. The minimum absolute atomic E-state index is 0.161. The number of hydrogen-bond donors (Lipinski definition) is 3. The van der Waals surface area contributed by atoms with Crippen molar-refractivity contribution in [2.75, 3.05) is 44.3 Å². The number of pyridine rings is 1. The summed E-state index contributed by atoms with van der Waals surface area (Å²) in [5.41, 5.74) is 7.15. The van der Waals surface area contributed by atoms with Crippen molar-refractivity contribution in [3.05, 3.63) is 66.4 Å². The molecule has 35 heavy (non-hydrogen) atoms. The minimum Gasteiger partial charge on any atom is -0.488 e. The minimum atomic E-state index is 0.161. The Morgan fingerprint density at radius 1 is 1.03 bits per heavy atom. The van der Waals surface area contributed by atoms with Crippen LogP contribution in [0.4, 0.5) is 5.69 Å². The molecule has 2 fully saturated rings. The van der Waals surface area contributed by atoms with Crippen molar-refractivity contribution in [2.24, 2.45) is 0 Å². The number of fused-ring (bicyclic) bond motifs is 1. The van der Waals surface area contributed by atoms with Gasteiger partial charge < -0.3 is 30.1 Å². The highest BCUT2D eigenvalue weighted by Gasteiger charge is 2.18. The van der Waals surface area contributed by atoms with Gasteiger partial charge in [0.1, 0.15) is 17.5 Å². The number of aromatic amines is 1. The van der Waals surface area contributed by atoms with Gasteiger partial charge in [-0.1, -0.05) is 18.2 Å². The fourth-order valence-corrected chi connectivity index (χ4v) is 4.95. The van der Waals surface area contributed by atoms with E-state index >= 15 is 0 Å². The molecule has 7 nitrogen and oxygen atoms in total. The smallest absolute Gasteiger partial charge is 0.138 e. The van der Waals surface area contributed by atoms with Crippen LogP contribution in [-0.4, -0.2) is 61.7 Å². The van der Waals surface area contributed by atoms with Crippen LogP contribution in [0.2, 0.25) is 0 Å². The van der Waals surface area contributed by atoms with Crippen LogP contribution in [0.15, 0.2) is 60.8 Å². The molecular weight excluding hydrogens is 438 g/mol. The molecule has 0 amide bonds. The standard InChI is InChI=1S/C28H29N5O2/c29-17-21-15-20(3-6-27(21)35-23-7-9-30-18-23)24-8-10-31-28-25(24)16-26(32-28)19-1-4-22(5-2-19)33-11-13-34-14-12-33/h1-6,8,10,15-17,23,29-30H,7,9,11-14,18H2,(H,31,32)/t23-/m1/s1. The Kier molecular flexibility index (Phi) is 5.94. The Hall–Kier alpha value is -3.68. The van der Waals surface area contributed by atoms with E-state index in [0.717, 1.165) is 90.5 Å². The summed E-state index contributed by atoms with van der Waals surface area (Å²) < 4.78 is 11.6. The van der Waals surface area contributed by atoms with Crippen molar-refractivity contribution in [1.82, 2.24) is 15.3 Å². The third kappa shape index (κ3) is 4.40. The van der Waals surface area contributed by atoms with E-state index in [1.54, 1.807) is 0 Å². The highest BCUT2D eigenvalue weighted by Crippen LogP contribution is 2.34. The van der Waals surface area contributed by atoms with Crippen LogP contribution in [0, 0.1) is 5.41 Å². The van der Waals surface area contributed by atoms with Gasteiger partial charge in [-0.25, -0.2) is 4.98 Å². The molecule has 2 aliphatic rings. The number of nitrogens with zero attached hydrogens (tertiary/aromatic N) is 2. The van der Waals surface area contributed by atoms with Crippen molar-refractivity contribution in [3.63, 3.8) is 0 Å². The lowest BCUT2D eigenvalue weighted by atomic mass is 10.0. The summed E-state index contributed by atoms with van der Waals surface area (Å²) in [7, 11) is 0. The van der Waals surface area contributed by atoms with Crippen LogP contribution in [0.5, 0.6) is 5.75 Å². The first-order chi connectivity index (χ1) is 17.3. The molecule has 7 heteroatoms. The van der Waals surface area contributed by atoms with Crippen LogP contribution < -0.4 is 15.0 Å². The van der Waals surface area contributed by atoms with Gasteiger partial charge in [-0.3, -0.25) is 0 Å². The number of ether oxygens (including phenoxy) is 2. The van der Waals surface area contributed by atoms with E-state index < -0.39 is 0 Å². The van der Waals surface area contributed by atoms with Crippen molar-refractivity contribution < 1.29 is 9.47 Å². The first-order valence-corrected chi connectivity index (χ1v) is 12.2. The largest absolute Gasteiger partial charge is 0.488 e. The van der Waals surface area contributed by atoms with Crippen molar-refractivity contribution in [3.8, 4) is 28.1 Å². The molecule has 2 aliphatic heterocycles.